The van der Waals surface area contributed by atoms with Crippen molar-refractivity contribution in [2.75, 3.05) is 0 Å². The van der Waals surface area contributed by atoms with Gasteiger partial charge < -0.3 is 5.32 Å². The zero-order valence-corrected chi connectivity index (χ0v) is 11.4. The first kappa shape index (κ1) is 13.8. The van der Waals surface area contributed by atoms with Crippen molar-refractivity contribution >= 4 is 23.2 Å². The van der Waals surface area contributed by atoms with E-state index in [0.29, 0.717) is 16.1 Å². The number of hydrogen-bond acceptors (Lipinski definition) is 1. The highest BCUT2D eigenvalue weighted by atomic mass is 35.5. The minimum atomic E-state index is 0.586. The molecule has 1 unspecified atom stereocenters. The third-order valence-electron chi connectivity index (χ3n) is 2.65. The minimum Gasteiger partial charge on any atom is -0.310 e. The SMILES string of the molecule is CCCC(CC)NCc1cc(Cl)cc(Cl)c1. The van der Waals surface area contributed by atoms with E-state index in [4.69, 9.17) is 23.2 Å². The molecule has 0 fully saturated rings. The van der Waals surface area contributed by atoms with Crippen LogP contribution in [0.2, 0.25) is 10.0 Å². The molecule has 0 bridgehead atoms. The van der Waals surface area contributed by atoms with Crippen LogP contribution >= 0.6 is 23.2 Å². The first-order valence-corrected chi connectivity index (χ1v) is 6.59. The van der Waals surface area contributed by atoms with Crippen LogP contribution in [0, 0.1) is 0 Å². The maximum atomic E-state index is 5.95. The first-order chi connectivity index (χ1) is 7.65. The molecule has 16 heavy (non-hydrogen) atoms. The van der Waals surface area contributed by atoms with E-state index < -0.39 is 0 Å². The van der Waals surface area contributed by atoms with Crippen molar-refractivity contribution in [3.05, 3.63) is 33.8 Å². The molecule has 0 aliphatic heterocycles. The second-order valence-electron chi connectivity index (χ2n) is 4.05. The van der Waals surface area contributed by atoms with Gasteiger partial charge in [-0.1, -0.05) is 43.5 Å². The average molecular weight is 260 g/mol. The number of nitrogens with one attached hydrogen (secondary N) is 1. The fraction of sp³-hybridized carbons (Fsp3) is 0.538. The first-order valence-electron chi connectivity index (χ1n) is 5.84. The van der Waals surface area contributed by atoms with E-state index in [0.717, 1.165) is 18.5 Å². The summed E-state index contributed by atoms with van der Waals surface area (Å²) in [5, 5.41) is 4.93. The van der Waals surface area contributed by atoms with E-state index in [1.165, 1.54) is 12.8 Å². The summed E-state index contributed by atoms with van der Waals surface area (Å²) < 4.78 is 0. The maximum Gasteiger partial charge on any atom is 0.0424 e. The molecule has 0 saturated carbocycles. The van der Waals surface area contributed by atoms with Gasteiger partial charge in [0.2, 0.25) is 0 Å². The lowest BCUT2D eigenvalue weighted by Gasteiger charge is -2.16. The Balaban J connectivity index is 2.52. The van der Waals surface area contributed by atoms with Crippen LogP contribution in [0.3, 0.4) is 0 Å². The van der Waals surface area contributed by atoms with Gasteiger partial charge in [0.15, 0.2) is 0 Å². The Bertz CT molecular complexity index is 305. The van der Waals surface area contributed by atoms with Gasteiger partial charge in [-0.15, -0.1) is 0 Å². The lowest BCUT2D eigenvalue weighted by molar-refractivity contribution is 0.462. The van der Waals surface area contributed by atoms with Gasteiger partial charge in [0.25, 0.3) is 0 Å². The monoisotopic (exact) mass is 259 g/mol. The van der Waals surface area contributed by atoms with Crippen molar-refractivity contribution in [2.24, 2.45) is 0 Å². The average Bonchev–Trinajstić information content (AvgIpc) is 2.23. The Morgan fingerprint density at radius 3 is 2.25 bits per heavy atom. The van der Waals surface area contributed by atoms with Crippen LogP contribution in [0.1, 0.15) is 38.7 Å². The van der Waals surface area contributed by atoms with Crippen molar-refractivity contribution in [3.63, 3.8) is 0 Å². The zero-order valence-electron chi connectivity index (χ0n) is 9.89. The fourth-order valence-electron chi connectivity index (χ4n) is 1.77. The van der Waals surface area contributed by atoms with Gasteiger partial charge in [-0.3, -0.25) is 0 Å². The number of benzene rings is 1. The predicted octanol–water partition coefficient (Wildman–Crippen LogP) is 4.66. The summed E-state index contributed by atoms with van der Waals surface area (Å²) >= 11 is 11.9. The molecule has 0 amide bonds. The molecule has 90 valence electrons. The van der Waals surface area contributed by atoms with Gasteiger partial charge in [-0.25, -0.2) is 0 Å². The van der Waals surface area contributed by atoms with Gasteiger partial charge in [0, 0.05) is 22.6 Å². The van der Waals surface area contributed by atoms with Gasteiger partial charge in [-0.05, 0) is 36.6 Å². The Morgan fingerprint density at radius 2 is 1.75 bits per heavy atom. The molecule has 0 radical (unpaired) electrons. The molecule has 1 aromatic carbocycles. The zero-order chi connectivity index (χ0) is 12.0. The molecule has 1 nitrogen and oxygen atoms in total. The second kappa shape index (κ2) is 7.16. The summed E-state index contributed by atoms with van der Waals surface area (Å²) in [4.78, 5) is 0. The van der Waals surface area contributed by atoms with E-state index in [1.807, 2.05) is 12.1 Å². The molecule has 3 heteroatoms. The van der Waals surface area contributed by atoms with Crippen molar-refractivity contribution < 1.29 is 0 Å². The van der Waals surface area contributed by atoms with Crippen molar-refractivity contribution in [2.45, 2.75) is 45.7 Å². The molecule has 0 aliphatic rings. The second-order valence-corrected chi connectivity index (χ2v) is 4.93. The third-order valence-corrected chi connectivity index (χ3v) is 3.08. The van der Waals surface area contributed by atoms with Gasteiger partial charge >= 0.3 is 0 Å². The highest BCUT2D eigenvalue weighted by Gasteiger charge is 2.04. The van der Waals surface area contributed by atoms with Crippen LogP contribution in [-0.4, -0.2) is 6.04 Å². The normalized spacial score (nSPS) is 12.8. The fourth-order valence-corrected chi connectivity index (χ4v) is 2.35. The van der Waals surface area contributed by atoms with Crippen LogP contribution in [0.15, 0.2) is 18.2 Å². The molecule has 0 heterocycles. The molecule has 0 aromatic heterocycles. The van der Waals surface area contributed by atoms with E-state index in [2.05, 4.69) is 19.2 Å². The molecule has 0 spiro atoms. The van der Waals surface area contributed by atoms with Gasteiger partial charge in [-0.2, -0.15) is 0 Å². The summed E-state index contributed by atoms with van der Waals surface area (Å²) in [6, 6.07) is 6.26. The molecular formula is C13H19Cl2N. The van der Waals surface area contributed by atoms with Crippen molar-refractivity contribution in [1.29, 1.82) is 0 Å². The Labute approximate surface area is 108 Å². The molecular weight excluding hydrogens is 241 g/mol. The summed E-state index contributed by atoms with van der Waals surface area (Å²) in [7, 11) is 0. The van der Waals surface area contributed by atoms with E-state index in [9.17, 15) is 0 Å². The maximum absolute atomic E-state index is 5.95. The van der Waals surface area contributed by atoms with Crippen LogP contribution in [0.25, 0.3) is 0 Å². The Morgan fingerprint density at radius 1 is 1.12 bits per heavy atom. The quantitative estimate of drug-likeness (QED) is 0.784. The Kier molecular flexibility index (Phi) is 6.18. The lowest BCUT2D eigenvalue weighted by atomic mass is 10.1. The lowest BCUT2D eigenvalue weighted by Crippen LogP contribution is -2.27. The van der Waals surface area contributed by atoms with E-state index >= 15 is 0 Å². The van der Waals surface area contributed by atoms with E-state index in [-0.39, 0.29) is 0 Å². The minimum absolute atomic E-state index is 0.586. The predicted molar refractivity (Wildman–Crippen MR) is 72.3 cm³/mol. The largest absolute Gasteiger partial charge is 0.310 e. The van der Waals surface area contributed by atoms with Crippen LogP contribution in [-0.2, 0) is 6.54 Å². The standard InChI is InChI=1S/C13H19Cl2N/c1-3-5-13(4-2)16-9-10-6-11(14)8-12(15)7-10/h6-8,13,16H,3-5,9H2,1-2H3. The number of hydrogen-bond donors (Lipinski definition) is 1. The van der Waals surface area contributed by atoms with E-state index in [1.54, 1.807) is 6.07 Å². The smallest absolute Gasteiger partial charge is 0.0424 e. The van der Waals surface area contributed by atoms with Crippen LogP contribution < -0.4 is 5.32 Å². The van der Waals surface area contributed by atoms with Crippen LogP contribution in [0.4, 0.5) is 0 Å². The highest BCUT2D eigenvalue weighted by molar-refractivity contribution is 6.34. The molecule has 0 saturated heterocycles. The Hall–Kier alpha value is -0.240. The highest BCUT2D eigenvalue weighted by Crippen LogP contribution is 2.19. The summed E-state index contributed by atoms with van der Waals surface area (Å²) in [5.41, 5.74) is 1.15. The topological polar surface area (TPSA) is 12.0 Å². The molecule has 1 aromatic rings. The molecule has 1 atom stereocenters. The van der Waals surface area contributed by atoms with Gasteiger partial charge in [0.05, 0.1) is 0 Å². The molecule has 1 rings (SSSR count). The summed E-state index contributed by atoms with van der Waals surface area (Å²) in [6.45, 7) is 5.25. The van der Waals surface area contributed by atoms with Crippen molar-refractivity contribution in [1.82, 2.24) is 5.32 Å². The van der Waals surface area contributed by atoms with Crippen LogP contribution in [0.5, 0.6) is 0 Å². The summed E-state index contributed by atoms with van der Waals surface area (Å²) in [6.07, 6.45) is 3.58. The third kappa shape index (κ3) is 4.73. The molecule has 0 aliphatic carbocycles. The number of rotatable bonds is 6. The van der Waals surface area contributed by atoms with Crippen molar-refractivity contribution in [3.8, 4) is 0 Å². The molecule has 1 N–H and O–H groups in total. The summed E-state index contributed by atoms with van der Waals surface area (Å²) in [5.74, 6) is 0. The number of halogens is 2. The van der Waals surface area contributed by atoms with Gasteiger partial charge in [0.1, 0.15) is 0 Å².